The highest BCUT2D eigenvalue weighted by atomic mass is 31.2. The first-order valence-corrected chi connectivity index (χ1v) is 29.6. The van der Waals surface area contributed by atoms with Crippen LogP contribution in [0.5, 0.6) is 0 Å². The van der Waals surface area contributed by atoms with Crippen molar-refractivity contribution in [2.45, 2.75) is 277 Å². The van der Waals surface area contributed by atoms with Gasteiger partial charge >= 0.3 is 13.8 Å². The van der Waals surface area contributed by atoms with E-state index in [1.807, 2.05) is 21.1 Å². The number of carbonyl (C=O) groups is 1. The average Bonchev–Trinajstić information content (AvgIpc) is 3.27. The van der Waals surface area contributed by atoms with E-state index in [0.717, 1.165) is 32.1 Å². The lowest BCUT2D eigenvalue weighted by atomic mass is 10.0. The Kier molecular flexibility index (Phi) is 48.6. The van der Waals surface area contributed by atoms with Gasteiger partial charge in [0.25, 0.3) is 0 Å². The smallest absolute Gasteiger partial charge is 0.457 e. The van der Waals surface area contributed by atoms with E-state index in [4.69, 9.17) is 18.5 Å². The van der Waals surface area contributed by atoms with Gasteiger partial charge in [-0.3, -0.25) is 13.8 Å². The van der Waals surface area contributed by atoms with Crippen LogP contribution in [0.1, 0.15) is 271 Å². The minimum Gasteiger partial charge on any atom is -0.457 e. The fourth-order valence-corrected chi connectivity index (χ4v) is 8.87. The molecule has 9 heteroatoms. The zero-order valence-electron chi connectivity index (χ0n) is 44.0. The SMILES string of the molecule is CCCCCCCC/C=C\CCCCCCCCCCOCC(COP(=O)(O)OCC[N+](C)(C)C)OC(=O)CCCCCCCCCCCCCCC/C=C\CCCCCCCCCC. The molecule has 0 rings (SSSR count). The highest BCUT2D eigenvalue weighted by Gasteiger charge is 2.26. The number of allylic oxidation sites excluding steroid dienone is 4. The molecule has 65 heavy (non-hydrogen) atoms. The van der Waals surface area contributed by atoms with Crippen LogP contribution >= 0.6 is 7.82 Å². The van der Waals surface area contributed by atoms with Gasteiger partial charge < -0.3 is 18.9 Å². The minimum atomic E-state index is -4.28. The number of unbranched alkanes of at least 4 members (excludes halogenated alkanes) is 35. The normalized spacial score (nSPS) is 13.6. The second-order valence-corrected chi connectivity index (χ2v) is 21.8. The molecule has 0 radical (unpaired) electrons. The fourth-order valence-electron chi connectivity index (χ4n) is 8.13. The van der Waals surface area contributed by atoms with Crippen LogP contribution in [0.2, 0.25) is 0 Å². The number of ether oxygens (including phenoxy) is 2. The van der Waals surface area contributed by atoms with E-state index in [2.05, 4.69) is 38.2 Å². The maximum absolute atomic E-state index is 12.8. The highest BCUT2D eigenvalue weighted by Crippen LogP contribution is 2.43. The second kappa shape index (κ2) is 49.4. The van der Waals surface area contributed by atoms with Crippen LogP contribution < -0.4 is 0 Å². The van der Waals surface area contributed by atoms with Crippen molar-refractivity contribution in [1.29, 1.82) is 0 Å². The fraction of sp³-hybridized carbons (Fsp3) is 0.911. The van der Waals surface area contributed by atoms with Crippen molar-refractivity contribution in [2.75, 3.05) is 54.1 Å². The summed E-state index contributed by atoms with van der Waals surface area (Å²) in [4.78, 5) is 23.1. The Morgan fingerprint density at radius 1 is 0.462 bits per heavy atom. The minimum absolute atomic E-state index is 0.0901. The summed E-state index contributed by atoms with van der Waals surface area (Å²) in [5.41, 5.74) is 0. The number of carbonyl (C=O) groups excluding carboxylic acids is 1. The summed E-state index contributed by atoms with van der Waals surface area (Å²) in [5, 5.41) is 0. The maximum Gasteiger partial charge on any atom is 0.472 e. The molecular weight excluding hydrogens is 830 g/mol. The molecule has 8 nitrogen and oxygen atoms in total. The first-order chi connectivity index (χ1) is 31.6. The molecule has 0 bridgehead atoms. The molecule has 0 spiro atoms. The first kappa shape index (κ1) is 64.0. The third-order valence-corrected chi connectivity index (χ3v) is 13.5. The molecule has 2 unspecified atom stereocenters. The van der Waals surface area contributed by atoms with Crippen molar-refractivity contribution in [2.24, 2.45) is 0 Å². The van der Waals surface area contributed by atoms with E-state index in [1.54, 1.807) is 0 Å². The van der Waals surface area contributed by atoms with Gasteiger partial charge in [-0.05, 0) is 64.2 Å². The van der Waals surface area contributed by atoms with E-state index >= 15 is 0 Å². The molecule has 2 atom stereocenters. The third kappa shape index (κ3) is 53.8. The molecule has 0 aromatic heterocycles. The van der Waals surface area contributed by atoms with Crippen LogP contribution in [0.15, 0.2) is 24.3 Å². The monoisotopic (exact) mass is 941 g/mol. The van der Waals surface area contributed by atoms with Gasteiger partial charge in [0.1, 0.15) is 19.3 Å². The molecule has 0 aliphatic carbocycles. The lowest BCUT2D eigenvalue weighted by Crippen LogP contribution is -2.37. The van der Waals surface area contributed by atoms with Crippen LogP contribution in [0.25, 0.3) is 0 Å². The van der Waals surface area contributed by atoms with Crippen molar-refractivity contribution in [3.8, 4) is 0 Å². The van der Waals surface area contributed by atoms with Gasteiger partial charge in [-0.25, -0.2) is 4.57 Å². The van der Waals surface area contributed by atoms with Crippen molar-refractivity contribution in [3.05, 3.63) is 24.3 Å². The van der Waals surface area contributed by atoms with Crippen molar-refractivity contribution < 1.29 is 37.3 Å². The zero-order chi connectivity index (χ0) is 47.6. The van der Waals surface area contributed by atoms with E-state index < -0.39 is 13.9 Å². The number of hydrogen-bond donors (Lipinski definition) is 1. The number of esters is 1. The first-order valence-electron chi connectivity index (χ1n) is 28.1. The summed E-state index contributed by atoms with van der Waals surface area (Å²) in [6.07, 6.45) is 59.5. The van der Waals surface area contributed by atoms with Gasteiger partial charge in [0, 0.05) is 13.0 Å². The average molecular weight is 941 g/mol. The van der Waals surface area contributed by atoms with Gasteiger partial charge in [-0.1, -0.05) is 224 Å². The van der Waals surface area contributed by atoms with Crippen molar-refractivity contribution in [1.82, 2.24) is 0 Å². The molecule has 0 aromatic rings. The Balaban J connectivity index is 4.05. The molecule has 0 aromatic carbocycles. The molecule has 0 aliphatic rings. The molecule has 0 fully saturated rings. The lowest BCUT2D eigenvalue weighted by Gasteiger charge is -2.24. The third-order valence-electron chi connectivity index (χ3n) is 12.5. The van der Waals surface area contributed by atoms with Crippen LogP contribution in [-0.2, 0) is 27.9 Å². The van der Waals surface area contributed by atoms with E-state index in [0.29, 0.717) is 24.1 Å². The van der Waals surface area contributed by atoms with Crippen LogP contribution in [0.3, 0.4) is 0 Å². The van der Waals surface area contributed by atoms with Gasteiger partial charge in [0.15, 0.2) is 0 Å². The van der Waals surface area contributed by atoms with Crippen LogP contribution in [0, 0.1) is 0 Å². The Bertz CT molecular complexity index is 1090. The topological polar surface area (TPSA) is 91.3 Å². The summed E-state index contributed by atoms with van der Waals surface area (Å²) in [6, 6.07) is 0. The maximum atomic E-state index is 12.8. The zero-order valence-corrected chi connectivity index (χ0v) is 44.9. The number of hydrogen-bond acceptors (Lipinski definition) is 6. The molecule has 0 amide bonds. The number of phosphoric ester groups is 1. The van der Waals surface area contributed by atoms with Crippen molar-refractivity contribution in [3.63, 3.8) is 0 Å². The highest BCUT2D eigenvalue weighted by molar-refractivity contribution is 7.47. The summed E-state index contributed by atoms with van der Waals surface area (Å²) in [5.74, 6) is -0.310. The van der Waals surface area contributed by atoms with Crippen LogP contribution in [-0.4, -0.2) is 75.6 Å². The number of quaternary nitrogens is 1. The Morgan fingerprint density at radius 3 is 1.17 bits per heavy atom. The molecule has 386 valence electrons. The Morgan fingerprint density at radius 2 is 0.800 bits per heavy atom. The lowest BCUT2D eigenvalue weighted by molar-refractivity contribution is -0.870. The standard InChI is InChI=1S/C56H110NO7P/c1-6-8-10-12-14-16-18-20-22-24-26-27-28-29-30-31-32-33-35-37-39-41-43-45-47-49-56(58)64-55(54-63-65(59,60)62-52-50-57(3,4)5)53-61-51-48-46-44-42-40-38-36-34-25-23-21-19-17-15-13-11-9-7-2/h21,23-24,26,55H,6-20,22,25,27-54H2,1-5H3/p+1/b23-21-,26-24-. The number of phosphoric acid groups is 1. The van der Waals surface area contributed by atoms with Crippen molar-refractivity contribution >= 4 is 13.8 Å². The summed E-state index contributed by atoms with van der Waals surface area (Å²) in [6.45, 7) is 5.67. The molecule has 0 saturated heterocycles. The molecule has 0 aliphatic heterocycles. The Hall–Kier alpha value is -1.02. The molecule has 0 heterocycles. The number of nitrogens with zero attached hydrogens (tertiary/aromatic N) is 1. The summed E-state index contributed by atoms with van der Waals surface area (Å²) in [7, 11) is 1.68. The molecule has 0 saturated carbocycles. The Labute approximate surface area is 404 Å². The number of likely N-dealkylation sites (N-methyl/N-ethyl adjacent to an activating group) is 1. The van der Waals surface area contributed by atoms with Gasteiger partial charge in [-0.2, -0.15) is 0 Å². The summed E-state index contributed by atoms with van der Waals surface area (Å²) >= 11 is 0. The van der Waals surface area contributed by atoms with Gasteiger partial charge in [0.2, 0.25) is 0 Å². The van der Waals surface area contributed by atoms with E-state index in [-0.39, 0.29) is 25.8 Å². The quantitative estimate of drug-likeness (QED) is 0.0213. The number of rotatable bonds is 53. The molecule has 1 N–H and O–H groups in total. The largest absolute Gasteiger partial charge is 0.472 e. The van der Waals surface area contributed by atoms with Gasteiger partial charge in [0.05, 0.1) is 34.4 Å². The van der Waals surface area contributed by atoms with E-state index in [9.17, 15) is 14.3 Å². The second-order valence-electron chi connectivity index (χ2n) is 20.3. The summed E-state index contributed by atoms with van der Waals surface area (Å²) < 4.78 is 35.2. The van der Waals surface area contributed by atoms with Crippen LogP contribution in [0.4, 0.5) is 0 Å². The van der Waals surface area contributed by atoms with E-state index in [1.165, 1.54) is 218 Å². The van der Waals surface area contributed by atoms with Gasteiger partial charge in [-0.15, -0.1) is 0 Å². The predicted octanol–water partition coefficient (Wildman–Crippen LogP) is 17.5. The predicted molar refractivity (Wildman–Crippen MR) is 280 cm³/mol. The molecular formula is C56H111NO7P+.